The van der Waals surface area contributed by atoms with Crippen LogP contribution in [0.2, 0.25) is 0 Å². The zero-order valence-corrected chi connectivity index (χ0v) is 19.7. The molecule has 1 amide bonds. The lowest BCUT2D eigenvalue weighted by molar-refractivity contribution is 0.102. The molecule has 1 aromatic heterocycles. The number of nitrogens with one attached hydrogen (secondary N) is 1. The first-order chi connectivity index (χ1) is 16.1. The van der Waals surface area contributed by atoms with Crippen molar-refractivity contribution in [3.63, 3.8) is 0 Å². The second-order valence-electron chi connectivity index (χ2n) is 7.50. The van der Waals surface area contributed by atoms with Gasteiger partial charge in [-0.1, -0.05) is 67.9 Å². The van der Waals surface area contributed by atoms with Crippen molar-refractivity contribution in [3.8, 4) is 33.9 Å². The van der Waals surface area contributed by atoms with Gasteiger partial charge in [0.05, 0.1) is 25.5 Å². The highest BCUT2D eigenvalue weighted by atomic mass is 32.1. The first kappa shape index (κ1) is 22.6. The molecular formula is C27H26N2O3S. The molecule has 0 aliphatic heterocycles. The Morgan fingerprint density at radius 3 is 2.27 bits per heavy atom. The Morgan fingerprint density at radius 2 is 1.61 bits per heavy atom. The number of benzene rings is 3. The summed E-state index contributed by atoms with van der Waals surface area (Å²) in [5.74, 6) is 0.815. The Labute approximate surface area is 198 Å². The van der Waals surface area contributed by atoms with Crippen LogP contribution in [0, 0.1) is 0 Å². The fourth-order valence-corrected chi connectivity index (χ4v) is 4.71. The van der Waals surface area contributed by atoms with Crippen LogP contribution >= 0.6 is 11.3 Å². The van der Waals surface area contributed by atoms with Crippen LogP contribution in [0.15, 0.2) is 72.8 Å². The van der Waals surface area contributed by atoms with Gasteiger partial charge in [0.1, 0.15) is 11.5 Å². The zero-order valence-electron chi connectivity index (χ0n) is 18.9. The second-order valence-corrected chi connectivity index (χ2v) is 8.59. The molecule has 0 saturated carbocycles. The SMILES string of the molecule is CCCc1sc(NC(=O)c2ccc(OC)cc2OC)nc1-c1ccc(-c2ccccc2)cc1. The van der Waals surface area contributed by atoms with Crippen LogP contribution in [-0.2, 0) is 6.42 Å². The van der Waals surface area contributed by atoms with E-state index in [0.29, 0.717) is 22.2 Å². The molecule has 0 saturated heterocycles. The fraction of sp³-hybridized carbons (Fsp3) is 0.185. The summed E-state index contributed by atoms with van der Waals surface area (Å²) in [5, 5.41) is 3.52. The molecule has 1 heterocycles. The van der Waals surface area contributed by atoms with E-state index in [1.165, 1.54) is 24.0 Å². The summed E-state index contributed by atoms with van der Waals surface area (Å²) in [6.45, 7) is 2.14. The molecule has 4 rings (SSSR count). The number of carbonyl (C=O) groups is 1. The first-order valence-corrected chi connectivity index (χ1v) is 11.6. The molecule has 0 fully saturated rings. The maximum Gasteiger partial charge on any atom is 0.261 e. The van der Waals surface area contributed by atoms with Crippen molar-refractivity contribution >= 4 is 22.4 Å². The number of rotatable bonds is 8. The fourth-order valence-electron chi connectivity index (χ4n) is 3.63. The van der Waals surface area contributed by atoms with Gasteiger partial charge in [0.2, 0.25) is 0 Å². The number of hydrogen-bond donors (Lipinski definition) is 1. The minimum absolute atomic E-state index is 0.266. The number of methoxy groups -OCH3 is 2. The third-order valence-corrected chi connectivity index (χ3v) is 6.34. The third kappa shape index (κ3) is 5.07. The number of ether oxygens (including phenoxy) is 2. The van der Waals surface area contributed by atoms with Crippen molar-refractivity contribution in [2.24, 2.45) is 0 Å². The van der Waals surface area contributed by atoms with Gasteiger partial charge in [-0.25, -0.2) is 4.98 Å². The van der Waals surface area contributed by atoms with E-state index in [2.05, 4.69) is 48.6 Å². The second kappa shape index (κ2) is 10.3. The number of hydrogen-bond acceptors (Lipinski definition) is 5. The van der Waals surface area contributed by atoms with Crippen molar-refractivity contribution in [2.45, 2.75) is 19.8 Å². The molecule has 0 spiro atoms. The van der Waals surface area contributed by atoms with Gasteiger partial charge in [0.15, 0.2) is 5.13 Å². The molecule has 6 heteroatoms. The lowest BCUT2D eigenvalue weighted by Gasteiger charge is -2.09. The Balaban J connectivity index is 1.60. The number of anilines is 1. The van der Waals surface area contributed by atoms with Crippen molar-refractivity contribution in [1.82, 2.24) is 4.98 Å². The largest absolute Gasteiger partial charge is 0.497 e. The number of aromatic nitrogens is 1. The summed E-state index contributed by atoms with van der Waals surface area (Å²) in [6, 6.07) is 23.8. The quantitative estimate of drug-likeness (QED) is 0.319. The van der Waals surface area contributed by atoms with Crippen LogP contribution in [0.25, 0.3) is 22.4 Å². The number of thiazole rings is 1. The first-order valence-electron chi connectivity index (χ1n) is 10.8. The predicted octanol–water partition coefficient (Wildman–Crippen LogP) is 6.70. The van der Waals surface area contributed by atoms with E-state index >= 15 is 0 Å². The molecule has 0 unspecified atom stereocenters. The Bertz CT molecular complexity index is 1230. The Kier molecular flexibility index (Phi) is 7.05. The van der Waals surface area contributed by atoms with Crippen molar-refractivity contribution < 1.29 is 14.3 Å². The highest BCUT2D eigenvalue weighted by Gasteiger charge is 2.18. The molecule has 0 atom stereocenters. The summed E-state index contributed by atoms with van der Waals surface area (Å²) in [4.78, 5) is 18.9. The lowest BCUT2D eigenvalue weighted by atomic mass is 10.0. The summed E-state index contributed by atoms with van der Waals surface area (Å²) in [5.41, 5.74) is 4.72. The minimum Gasteiger partial charge on any atom is -0.497 e. The Hall–Kier alpha value is -3.64. The lowest BCUT2D eigenvalue weighted by Crippen LogP contribution is -2.13. The van der Waals surface area contributed by atoms with Gasteiger partial charge < -0.3 is 9.47 Å². The molecule has 3 aromatic carbocycles. The van der Waals surface area contributed by atoms with Crippen molar-refractivity contribution in [1.29, 1.82) is 0 Å². The van der Waals surface area contributed by atoms with Crippen molar-refractivity contribution in [2.75, 3.05) is 19.5 Å². The maximum atomic E-state index is 12.9. The normalized spacial score (nSPS) is 10.6. The van der Waals surface area contributed by atoms with E-state index in [1.807, 2.05) is 18.2 Å². The number of nitrogens with zero attached hydrogens (tertiary/aromatic N) is 1. The average Bonchev–Trinajstić information content (AvgIpc) is 3.26. The summed E-state index contributed by atoms with van der Waals surface area (Å²) in [6.07, 6.45) is 1.89. The minimum atomic E-state index is -0.266. The van der Waals surface area contributed by atoms with Gasteiger partial charge in [-0.3, -0.25) is 10.1 Å². The van der Waals surface area contributed by atoms with E-state index in [4.69, 9.17) is 14.5 Å². The number of aryl methyl sites for hydroxylation is 1. The molecule has 5 nitrogen and oxygen atoms in total. The van der Waals surface area contributed by atoms with Crippen LogP contribution < -0.4 is 14.8 Å². The molecular weight excluding hydrogens is 432 g/mol. The smallest absolute Gasteiger partial charge is 0.261 e. The van der Waals surface area contributed by atoms with E-state index in [-0.39, 0.29) is 5.91 Å². The van der Waals surface area contributed by atoms with Crippen LogP contribution in [0.5, 0.6) is 11.5 Å². The number of amides is 1. The molecule has 33 heavy (non-hydrogen) atoms. The van der Waals surface area contributed by atoms with Crippen LogP contribution in [0.1, 0.15) is 28.6 Å². The molecule has 4 aromatic rings. The Morgan fingerprint density at radius 1 is 0.909 bits per heavy atom. The van der Waals surface area contributed by atoms with E-state index in [0.717, 1.165) is 34.5 Å². The van der Waals surface area contributed by atoms with Gasteiger partial charge in [-0.2, -0.15) is 0 Å². The van der Waals surface area contributed by atoms with Crippen molar-refractivity contribution in [3.05, 3.63) is 83.2 Å². The van der Waals surface area contributed by atoms with Gasteiger partial charge >= 0.3 is 0 Å². The van der Waals surface area contributed by atoms with E-state index in [1.54, 1.807) is 25.3 Å². The molecule has 168 valence electrons. The molecule has 1 N–H and O–H groups in total. The van der Waals surface area contributed by atoms with Gasteiger partial charge in [-0.15, -0.1) is 11.3 Å². The van der Waals surface area contributed by atoms with Crippen LogP contribution in [-0.4, -0.2) is 25.1 Å². The molecule has 0 aliphatic rings. The molecule has 0 bridgehead atoms. The van der Waals surface area contributed by atoms with Crippen LogP contribution in [0.4, 0.5) is 5.13 Å². The highest BCUT2D eigenvalue weighted by molar-refractivity contribution is 7.16. The number of carbonyl (C=O) groups excluding carboxylic acids is 1. The standard InChI is InChI=1S/C27H26N2O3S/c1-4-8-24-25(20-13-11-19(12-14-20)18-9-6-5-7-10-18)28-27(33-24)29-26(30)22-16-15-21(31-2)17-23(22)32-3/h5-7,9-17H,4,8H2,1-3H3,(H,28,29,30). The van der Waals surface area contributed by atoms with Gasteiger partial charge in [-0.05, 0) is 29.7 Å². The van der Waals surface area contributed by atoms with Gasteiger partial charge in [0, 0.05) is 16.5 Å². The molecule has 0 aliphatic carbocycles. The summed E-state index contributed by atoms with van der Waals surface area (Å²) >= 11 is 1.52. The van der Waals surface area contributed by atoms with E-state index < -0.39 is 0 Å². The topological polar surface area (TPSA) is 60.5 Å². The molecule has 0 radical (unpaired) electrons. The third-order valence-electron chi connectivity index (χ3n) is 5.31. The van der Waals surface area contributed by atoms with E-state index in [9.17, 15) is 4.79 Å². The zero-order chi connectivity index (χ0) is 23.2. The highest BCUT2D eigenvalue weighted by Crippen LogP contribution is 2.34. The average molecular weight is 459 g/mol. The van der Waals surface area contributed by atoms with Crippen LogP contribution in [0.3, 0.4) is 0 Å². The monoisotopic (exact) mass is 458 g/mol. The predicted molar refractivity (Wildman–Crippen MR) is 134 cm³/mol. The summed E-state index contributed by atoms with van der Waals surface area (Å²) in [7, 11) is 3.11. The van der Waals surface area contributed by atoms with Gasteiger partial charge in [0.25, 0.3) is 5.91 Å². The maximum absolute atomic E-state index is 12.9. The summed E-state index contributed by atoms with van der Waals surface area (Å²) < 4.78 is 10.6.